The lowest BCUT2D eigenvalue weighted by Crippen LogP contribution is -2.64. The van der Waals surface area contributed by atoms with Gasteiger partial charge in [-0.15, -0.1) is 23.5 Å². The Balaban J connectivity index is 1.38. The molecule has 0 spiro atoms. The van der Waals surface area contributed by atoms with Crippen molar-refractivity contribution in [2.75, 3.05) is 32.2 Å². The molecule has 3 unspecified atom stereocenters. The van der Waals surface area contributed by atoms with Crippen LogP contribution in [0.5, 0.6) is 0 Å². The molecule has 56 heavy (non-hydrogen) atoms. The fourth-order valence-electron chi connectivity index (χ4n) is 6.79. The average Bonchev–Trinajstić information content (AvgIpc) is 3.18. The lowest BCUT2D eigenvalue weighted by molar-refractivity contribution is -0.338. The minimum absolute atomic E-state index is 0.105. The van der Waals surface area contributed by atoms with Gasteiger partial charge in [-0.1, -0.05) is 6.42 Å². The maximum absolute atomic E-state index is 11.1. The van der Waals surface area contributed by atoms with Crippen molar-refractivity contribution < 1.29 is 110 Å². The highest BCUT2D eigenvalue weighted by Crippen LogP contribution is 2.38. The number of aliphatic hydroxyl groups excluding tert-OH is 14. The topological polar surface area (TPSA) is 376 Å². The molecule has 328 valence electrons. The Morgan fingerprint density at radius 1 is 0.518 bits per heavy atom. The summed E-state index contributed by atoms with van der Waals surface area (Å²) < 4.78 is 33.6. The SMILES string of the molecule is O=C(O)CCCCC(CCS[C@@H]1O[C@H](CO)[C@@H](O[C@H]2O[C@H](CO)[C@@H](O)C(O)[C@H]2O)[C@@H](O)[C@H]1O)S[C@@H]1O[C@H](CO)[C@@H](O[C@@H]2O[C@H](CO)[C@@H](O)C(O)[C@H]2O)[C@@H](O)[C@H]1O. The number of carboxylic acid groups (broad SMARTS) is 1. The second kappa shape index (κ2) is 22.3. The van der Waals surface area contributed by atoms with Crippen molar-refractivity contribution in [1.29, 1.82) is 0 Å². The van der Waals surface area contributed by atoms with E-state index < -0.39 is 159 Å². The molecule has 0 bridgehead atoms. The average molecular weight is 857 g/mol. The summed E-state index contributed by atoms with van der Waals surface area (Å²) in [6.07, 6.45) is -27.6. The molecule has 0 saturated carbocycles. The van der Waals surface area contributed by atoms with E-state index >= 15 is 0 Å². The molecule has 0 aliphatic carbocycles. The molecular formula is C32H56O22S2. The lowest BCUT2D eigenvalue weighted by Gasteiger charge is -2.46. The van der Waals surface area contributed by atoms with Gasteiger partial charge in [0.05, 0.1) is 26.4 Å². The van der Waals surface area contributed by atoms with Gasteiger partial charge in [-0.05, 0) is 25.0 Å². The number of aliphatic carboxylic acids is 1. The normalized spacial score (nSPS) is 45.4. The van der Waals surface area contributed by atoms with Crippen LogP contribution < -0.4 is 0 Å². The van der Waals surface area contributed by atoms with Gasteiger partial charge in [-0.3, -0.25) is 4.79 Å². The summed E-state index contributed by atoms with van der Waals surface area (Å²) >= 11 is 2.12. The van der Waals surface area contributed by atoms with Crippen LogP contribution in [0.4, 0.5) is 0 Å². The van der Waals surface area contributed by atoms with E-state index in [-0.39, 0.29) is 12.2 Å². The monoisotopic (exact) mass is 856 g/mol. The van der Waals surface area contributed by atoms with Gasteiger partial charge in [0.15, 0.2) is 12.6 Å². The highest BCUT2D eigenvalue weighted by Gasteiger charge is 2.52. The maximum Gasteiger partial charge on any atom is 0.303 e. The van der Waals surface area contributed by atoms with Gasteiger partial charge in [0.1, 0.15) is 109 Å². The molecular weight excluding hydrogens is 800 g/mol. The van der Waals surface area contributed by atoms with E-state index in [0.29, 0.717) is 25.7 Å². The molecule has 21 atom stereocenters. The van der Waals surface area contributed by atoms with Crippen molar-refractivity contribution in [2.24, 2.45) is 0 Å². The fourth-order valence-corrected chi connectivity index (χ4v) is 9.64. The number of hydrogen-bond donors (Lipinski definition) is 15. The van der Waals surface area contributed by atoms with Crippen LogP contribution in [-0.4, -0.2) is 241 Å². The van der Waals surface area contributed by atoms with Crippen molar-refractivity contribution in [3.8, 4) is 0 Å². The molecule has 0 aromatic carbocycles. The first-order chi connectivity index (χ1) is 26.6. The molecule has 0 radical (unpaired) electrons. The van der Waals surface area contributed by atoms with Gasteiger partial charge in [-0.2, -0.15) is 0 Å². The smallest absolute Gasteiger partial charge is 0.303 e. The van der Waals surface area contributed by atoms with E-state index in [1.54, 1.807) is 0 Å². The molecule has 4 fully saturated rings. The lowest BCUT2D eigenvalue weighted by atomic mass is 9.97. The number of ether oxygens (including phenoxy) is 6. The molecule has 4 aliphatic rings. The first-order valence-electron chi connectivity index (χ1n) is 18.2. The number of thioether (sulfide) groups is 2. The van der Waals surface area contributed by atoms with Gasteiger partial charge in [0.2, 0.25) is 0 Å². The van der Waals surface area contributed by atoms with Crippen molar-refractivity contribution in [2.45, 2.75) is 158 Å². The molecule has 15 N–H and O–H groups in total. The van der Waals surface area contributed by atoms with E-state index in [0.717, 1.165) is 23.5 Å². The summed E-state index contributed by atoms with van der Waals surface area (Å²) in [7, 11) is 0. The van der Waals surface area contributed by atoms with E-state index in [9.17, 15) is 76.3 Å². The standard InChI is InChI=1S/C32H56O22S2/c33-7-12-17(39)19(41)23(45)29(49-12)53-27-14(9-35)51-31(25(47)21(27)43)55-6-5-11(3-1-2-4-16(37)38)56-32-26(48)22(44)28(15(10-36)52-32)54-30-24(46)20(42)18(40)13(8-34)50-30/h11-15,17-36,39-48H,1-10H2,(H,37,38)/t11?,12-,13-,14-,15-,17-,18-,19?,20?,21+,22+,23-,24-,25-,26-,27-,28-,29-,30+,31+,32+/m1/s1. The maximum atomic E-state index is 11.1. The third-order valence-electron chi connectivity index (χ3n) is 10.1. The molecule has 4 saturated heterocycles. The van der Waals surface area contributed by atoms with E-state index in [1.807, 2.05) is 0 Å². The Kier molecular flexibility index (Phi) is 19.1. The molecule has 0 aromatic rings. The zero-order valence-corrected chi connectivity index (χ0v) is 31.7. The fraction of sp³-hybridized carbons (Fsp3) is 0.969. The summed E-state index contributed by atoms with van der Waals surface area (Å²) in [4.78, 5) is 11.1. The number of carbonyl (C=O) groups is 1. The Morgan fingerprint density at radius 2 is 0.964 bits per heavy atom. The highest BCUT2D eigenvalue weighted by atomic mass is 32.2. The first-order valence-corrected chi connectivity index (χ1v) is 20.2. The predicted octanol–water partition coefficient (Wildman–Crippen LogP) is -6.90. The summed E-state index contributed by atoms with van der Waals surface area (Å²) in [6, 6.07) is 0. The van der Waals surface area contributed by atoms with Crippen molar-refractivity contribution in [3.63, 3.8) is 0 Å². The first kappa shape index (κ1) is 48.0. The van der Waals surface area contributed by atoms with Crippen molar-refractivity contribution in [1.82, 2.24) is 0 Å². The Hall–Kier alpha value is -0.630. The van der Waals surface area contributed by atoms with Gasteiger partial charge in [0, 0.05) is 11.7 Å². The van der Waals surface area contributed by atoms with Crippen LogP contribution in [0.3, 0.4) is 0 Å². The van der Waals surface area contributed by atoms with Crippen molar-refractivity contribution >= 4 is 29.5 Å². The zero-order chi connectivity index (χ0) is 41.4. The van der Waals surface area contributed by atoms with Gasteiger partial charge in [-0.25, -0.2) is 0 Å². The third kappa shape index (κ3) is 11.6. The second-order valence-corrected chi connectivity index (χ2v) is 16.7. The molecule has 4 aliphatic heterocycles. The summed E-state index contributed by atoms with van der Waals surface area (Å²) in [5.74, 6) is -0.775. The molecule has 24 heteroatoms. The number of carboxylic acids is 1. The Morgan fingerprint density at radius 3 is 1.41 bits per heavy atom. The van der Waals surface area contributed by atoms with Crippen LogP contribution in [0.25, 0.3) is 0 Å². The highest BCUT2D eigenvalue weighted by molar-refractivity contribution is 8.01. The van der Waals surface area contributed by atoms with E-state index in [1.165, 1.54) is 0 Å². The second-order valence-electron chi connectivity index (χ2n) is 14.1. The molecule has 0 aromatic heterocycles. The molecule has 4 heterocycles. The molecule has 0 amide bonds. The third-order valence-corrected chi connectivity index (χ3v) is 12.8. The van der Waals surface area contributed by atoms with Crippen LogP contribution in [0, 0.1) is 0 Å². The van der Waals surface area contributed by atoms with Gasteiger partial charge >= 0.3 is 5.97 Å². The van der Waals surface area contributed by atoms with Crippen LogP contribution in [0.15, 0.2) is 0 Å². The van der Waals surface area contributed by atoms with Crippen LogP contribution >= 0.6 is 23.5 Å². The zero-order valence-electron chi connectivity index (χ0n) is 30.1. The van der Waals surface area contributed by atoms with Gasteiger partial charge in [0.25, 0.3) is 0 Å². The van der Waals surface area contributed by atoms with E-state index in [2.05, 4.69) is 0 Å². The Bertz CT molecular complexity index is 1170. The number of hydrogen-bond acceptors (Lipinski definition) is 23. The van der Waals surface area contributed by atoms with Crippen LogP contribution in [-0.2, 0) is 33.2 Å². The Labute approximate surface area is 329 Å². The summed E-state index contributed by atoms with van der Waals surface area (Å²) in [5, 5.41) is 153. The quantitative estimate of drug-likeness (QED) is 0.0537. The van der Waals surface area contributed by atoms with Crippen molar-refractivity contribution in [3.05, 3.63) is 0 Å². The van der Waals surface area contributed by atoms with Gasteiger partial charge < -0.3 is 105 Å². The number of aliphatic hydroxyl groups is 14. The van der Waals surface area contributed by atoms with Crippen LogP contribution in [0.1, 0.15) is 32.1 Å². The summed E-state index contributed by atoms with van der Waals surface area (Å²) in [6.45, 7) is -2.96. The molecule has 4 rings (SSSR count). The minimum Gasteiger partial charge on any atom is -0.481 e. The van der Waals surface area contributed by atoms with Crippen LogP contribution in [0.2, 0.25) is 0 Å². The number of rotatable bonds is 19. The minimum atomic E-state index is -1.84. The predicted molar refractivity (Wildman–Crippen MR) is 187 cm³/mol. The summed E-state index contributed by atoms with van der Waals surface area (Å²) in [5.41, 5.74) is -2.31. The largest absolute Gasteiger partial charge is 0.481 e. The number of unbranched alkanes of at least 4 members (excludes halogenated alkanes) is 1. The molecule has 22 nitrogen and oxygen atoms in total. The van der Waals surface area contributed by atoms with E-state index in [4.69, 9.17) is 33.5 Å².